The van der Waals surface area contributed by atoms with E-state index in [0.29, 0.717) is 0 Å². The zero-order chi connectivity index (χ0) is 9.26. The lowest BCUT2D eigenvalue weighted by atomic mass is 10.0. The van der Waals surface area contributed by atoms with Crippen molar-refractivity contribution in [3.8, 4) is 0 Å². The Labute approximate surface area is 86.7 Å². The Morgan fingerprint density at radius 2 is 2.46 bits per heavy atom. The van der Waals surface area contributed by atoms with Crippen LogP contribution in [0.25, 0.3) is 0 Å². The third-order valence-electron chi connectivity index (χ3n) is 2.75. The summed E-state index contributed by atoms with van der Waals surface area (Å²) in [6.45, 7) is 0. The monoisotopic (exact) mass is 243 g/mol. The lowest BCUT2D eigenvalue weighted by molar-refractivity contribution is 0.514. The summed E-state index contributed by atoms with van der Waals surface area (Å²) in [4.78, 5) is 4.97. The maximum Gasteiger partial charge on any atom is 0.138 e. The highest BCUT2D eigenvalue weighted by Crippen LogP contribution is 2.32. The van der Waals surface area contributed by atoms with Gasteiger partial charge in [0.1, 0.15) is 12.2 Å². The summed E-state index contributed by atoms with van der Waals surface area (Å²) >= 11 is 3.66. The molecule has 1 aromatic heterocycles. The standard InChI is InChI=1S/C9H14BrN3/c1-13-9(11-6-12-13)5-7-2-3-8(10)4-7/h6-8H,2-5H2,1H3. The van der Waals surface area contributed by atoms with E-state index >= 15 is 0 Å². The molecule has 0 radical (unpaired) electrons. The van der Waals surface area contributed by atoms with Gasteiger partial charge in [0.2, 0.25) is 0 Å². The first-order valence-electron chi connectivity index (χ1n) is 4.72. The van der Waals surface area contributed by atoms with Crippen molar-refractivity contribution >= 4 is 15.9 Å². The molecule has 4 heteroatoms. The van der Waals surface area contributed by atoms with Crippen LogP contribution >= 0.6 is 15.9 Å². The number of alkyl halides is 1. The van der Waals surface area contributed by atoms with E-state index in [1.165, 1.54) is 19.3 Å². The number of aryl methyl sites for hydroxylation is 1. The summed E-state index contributed by atoms with van der Waals surface area (Å²) in [6, 6.07) is 0. The highest BCUT2D eigenvalue weighted by Gasteiger charge is 2.23. The second-order valence-electron chi connectivity index (χ2n) is 3.78. The van der Waals surface area contributed by atoms with Crippen molar-refractivity contribution in [3.05, 3.63) is 12.2 Å². The van der Waals surface area contributed by atoms with Gasteiger partial charge in [-0.2, -0.15) is 5.10 Å². The van der Waals surface area contributed by atoms with Gasteiger partial charge in [-0.1, -0.05) is 15.9 Å². The predicted molar refractivity (Wildman–Crippen MR) is 54.8 cm³/mol. The van der Waals surface area contributed by atoms with Crippen molar-refractivity contribution in [2.45, 2.75) is 30.5 Å². The zero-order valence-electron chi connectivity index (χ0n) is 7.78. The van der Waals surface area contributed by atoms with Crippen LogP contribution in [0.2, 0.25) is 0 Å². The molecule has 2 unspecified atom stereocenters. The fourth-order valence-electron chi connectivity index (χ4n) is 1.96. The first-order valence-corrected chi connectivity index (χ1v) is 5.64. The molecule has 3 nitrogen and oxygen atoms in total. The predicted octanol–water partition coefficient (Wildman–Crippen LogP) is 1.92. The van der Waals surface area contributed by atoms with E-state index in [2.05, 4.69) is 26.0 Å². The van der Waals surface area contributed by atoms with Gasteiger partial charge < -0.3 is 0 Å². The zero-order valence-corrected chi connectivity index (χ0v) is 9.37. The molecule has 1 aromatic rings. The molecule has 0 spiro atoms. The molecule has 0 saturated heterocycles. The van der Waals surface area contributed by atoms with Crippen LogP contribution in [0.1, 0.15) is 25.1 Å². The molecule has 0 aromatic carbocycles. The normalized spacial score (nSPS) is 28.2. The first-order chi connectivity index (χ1) is 6.25. The third kappa shape index (κ3) is 2.10. The Balaban J connectivity index is 1.95. The molecule has 1 heterocycles. The van der Waals surface area contributed by atoms with Crippen LogP contribution in [-0.2, 0) is 13.5 Å². The second-order valence-corrected chi connectivity index (χ2v) is 5.08. The van der Waals surface area contributed by atoms with Crippen LogP contribution in [0.3, 0.4) is 0 Å². The molecule has 0 aliphatic heterocycles. The summed E-state index contributed by atoms with van der Waals surface area (Å²) in [5.41, 5.74) is 0. The molecule has 1 aliphatic rings. The number of hydrogen-bond acceptors (Lipinski definition) is 2. The van der Waals surface area contributed by atoms with E-state index in [0.717, 1.165) is 23.0 Å². The number of rotatable bonds is 2. The molecule has 0 amide bonds. The Morgan fingerprint density at radius 3 is 3.00 bits per heavy atom. The summed E-state index contributed by atoms with van der Waals surface area (Å²) in [5, 5.41) is 4.07. The number of halogens is 1. The topological polar surface area (TPSA) is 30.7 Å². The minimum atomic E-state index is 0.728. The van der Waals surface area contributed by atoms with Gasteiger partial charge in [-0.15, -0.1) is 0 Å². The highest BCUT2D eigenvalue weighted by atomic mass is 79.9. The van der Waals surface area contributed by atoms with Crippen LogP contribution in [-0.4, -0.2) is 19.6 Å². The van der Waals surface area contributed by atoms with E-state index in [9.17, 15) is 0 Å². The summed E-state index contributed by atoms with van der Waals surface area (Å²) in [7, 11) is 1.96. The molecule has 2 rings (SSSR count). The first kappa shape index (κ1) is 9.19. The van der Waals surface area contributed by atoms with Crippen LogP contribution in [0.4, 0.5) is 0 Å². The van der Waals surface area contributed by atoms with Crippen molar-refractivity contribution in [2.75, 3.05) is 0 Å². The van der Waals surface area contributed by atoms with Crippen molar-refractivity contribution in [3.63, 3.8) is 0 Å². The number of hydrogen-bond donors (Lipinski definition) is 0. The molecule has 2 atom stereocenters. The number of nitrogens with zero attached hydrogens (tertiary/aromatic N) is 3. The van der Waals surface area contributed by atoms with E-state index in [1.807, 2.05) is 11.7 Å². The average Bonchev–Trinajstić information content (AvgIpc) is 2.64. The van der Waals surface area contributed by atoms with E-state index in [4.69, 9.17) is 0 Å². The van der Waals surface area contributed by atoms with Gasteiger partial charge in [-0.3, -0.25) is 4.68 Å². The maximum atomic E-state index is 4.24. The van der Waals surface area contributed by atoms with Crippen LogP contribution in [0.5, 0.6) is 0 Å². The minimum Gasteiger partial charge on any atom is -0.253 e. The largest absolute Gasteiger partial charge is 0.253 e. The van der Waals surface area contributed by atoms with Crippen molar-refractivity contribution in [1.29, 1.82) is 0 Å². The lowest BCUT2D eigenvalue weighted by Crippen LogP contribution is -2.06. The van der Waals surface area contributed by atoms with Crippen molar-refractivity contribution in [1.82, 2.24) is 14.8 Å². The molecule has 1 fully saturated rings. The minimum absolute atomic E-state index is 0.728. The summed E-state index contributed by atoms with van der Waals surface area (Å²) < 4.78 is 1.88. The van der Waals surface area contributed by atoms with Gasteiger partial charge in [-0.05, 0) is 25.2 Å². The van der Waals surface area contributed by atoms with Crippen LogP contribution in [0.15, 0.2) is 6.33 Å². The van der Waals surface area contributed by atoms with Crippen molar-refractivity contribution in [2.24, 2.45) is 13.0 Å². The van der Waals surface area contributed by atoms with Gasteiger partial charge in [0, 0.05) is 18.3 Å². The van der Waals surface area contributed by atoms with Gasteiger partial charge in [0.05, 0.1) is 0 Å². The van der Waals surface area contributed by atoms with E-state index in [1.54, 1.807) is 6.33 Å². The molecule has 72 valence electrons. The summed E-state index contributed by atoms with van der Waals surface area (Å²) in [5.74, 6) is 1.92. The van der Waals surface area contributed by atoms with E-state index < -0.39 is 0 Å². The number of aromatic nitrogens is 3. The smallest absolute Gasteiger partial charge is 0.138 e. The molecule has 13 heavy (non-hydrogen) atoms. The van der Waals surface area contributed by atoms with Crippen molar-refractivity contribution < 1.29 is 0 Å². The van der Waals surface area contributed by atoms with Gasteiger partial charge in [-0.25, -0.2) is 4.98 Å². The van der Waals surface area contributed by atoms with Gasteiger partial charge in [0.15, 0.2) is 0 Å². The van der Waals surface area contributed by atoms with E-state index in [-0.39, 0.29) is 0 Å². The lowest BCUT2D eigenvalue weighted by Gasteiger charge is -2.07. The maximum absolute atomic E-state index is 4.24. The Hall–Kier alpha value is -0.380. The molecular weight excluding hydrogens is 230 g/mol. The molecule has 1 saturated carbocycles. The highest BCUT2D eigenvalue weighted by molar-refractivity contribution is 9.09. The molecule has 0 bridgehead atoms. The fraction of sp³-hybridized carbons (Fsp3) is 0.778. The second kappa shape index (κ2) is 3.78. The SMILES string of the molecule is Cn1ncnc1CC1CCC(Br)C1. The van der Waals surface area contributed by atoms with Crippen LogP contribution < -0.4 is 0 Å². The summed E-state index contributed by atoms with van der Waals surface area (Å²) in [6.07, 6.45) is 6.63. The van der Waals surface area contributed by atoms with Gasteiger partial charge in [0.25, 0.3) is 0 Å². The average molecular weight is 244 g/mol. The molecule has 1 aliphatic carbocycles. The fourth-order valence-corrected chi connectivity index (χ4v) is 2.76. The third-order valence-corrected chi connectivity index (χ3v) is 3.59. The molecular formula is C9H14BrN3. The molecule has 0 N–H and O–H groups in total. The quantitative estimate of drug-likeness (QED) is 0.744. The Kier molecular flexibility index (Phi) is 2.67. The van der Waals surface area contributed by atoms with Crippen LogP contribution in [0, 0.1) is 5.92 Å². The Morgan fingerprint density at radius 1 is 1.62 bits per heavy atom. The Bertz CT molecular complexity index is 284. The van der Waals surface area contributed by atoms with Gasteiger partial charge >= 0.3 is 0 Å².